The third-order valence-electron chi connectivity index (χ3n) is 2.79. The molecule has 0 unspecified atom stereocenters. The number of esters is 1. The molecule has 8 nitrogen and oxygen atoms in total. The highest BCUT2D eigenvalue weighted by Crippen LogP contribution is 2.11. The van der Waals surface area contributed by atoms with Crippen LogP contribution in [0.15, 0.2) is 53.1 Å². The van der Waals surface area contributed by atoms with Crippen molar-refractivity contribution in [3.05, 3.63) is 54.5 Å². The minimum atomic E-state index is -0.877. The molecule has 0 fully saturated rings. The SMILES string of the molecule is C[C@@H](Oc1ccccc1)C(=O)OCC(=O)NNC(=O)c1ccco1. The van der Waals surface area contributed by atoms with E-state index in [1.165, 1.54) is 25.3 Å². The zero-order valence-electron chi connectivity index (χ0n) is 12.9. The van der Waals surface area contributed by atoms with Gasteiger partial charge in [0.1, 0.15) is 5.75 Å². The summed E-state index contributed by atoms with van der Waals surface area (Å²) in [7, 11) is 0. The first-order chi connectivity index (χ1) is 11.6. The average molecular weight is 332 g/mol. The van der Waals surface area contributed by atoms with Crippen molar-refractivity contribution >= 4 is 17.8 Å². The molecule has 0 saturated heterocycles. The molecular formula is C16H16N2O6. The number of para-hydroxylation sites is 1. The Morgan fingerprint density at radius 3 is 2.50 bits per heavy atom. The Morgan fingerprint density at radius 1 is 1.08 bits per heavy atom. The first kappa shape index (κ1) is 17.1. The monoisotopic (exact) mass is 332 g/mol. The molecule has 0 spiro atoms. The smallest absolute Gasteiger partial charge is 0.347 e. The Bertz CT molecular complexity index is 684. The van der Waals surface area contributed by atoms with Crippen LogP contribution >= 0.6 is 0 Å². The van der Waals surface area contributed by atoms with Crippen LogP contribution in [-0.4, -0.2) is 30.5 Å². The second-order valence-electron chi connectivity index (χ2n) is 4.66. The van der Waals surface area contributed by atoms with E-state index in [0.717, 1.165) is 0 Å². The molecule has 8 heteroatoms. The van der Waals surface area contributed by atoms with Crippen LogP contribution in [0.2, 0.25) is 0 Å². The summed E-state index contributed by atoms with van der Waals surface area (Å²) < 4.78 is 15.0. The average Bonchev–Trinajstić information content (AvgIpc) is 3.13. The van der Waals surface area contributed by atoms with Gasteiger partial charge in [-0.1, -0.05) is 18.2 Å². The minimum Gasteiger partial charge on any atom is -0.479 e. The van der Waals surface area contributed by atoms with Crippen LogP contribution in [-0.2, 0) is 14.3 Å². The highest BCUT2D eigenvalue weighted by atomic mass is 16.6. The molecular weight excluding hydrogens is 316 g/mol. The van der Waals surface area contributed by atoms with Gasteiger partial charge in [0.2, 0.25) is 0 Å². The van der Waals surface area contributed by atoms with E-state index in [0.29, 0.717) is 5.75 Å². The Labute approximate surface area is 137 Å². The molecule has 1 aromatic carbocycles. The Hall–Kier alpha value is -3.29. The lowest BCUT2D eigenvalue weighted by atomic mass is 10.3. The van der Waals surface area contributed by atoms with Gasteiger partial charge >= 0.3 is 11.9 Å². The predicted molar refractivity (Wildman–Crippen MR) is 81.8 cm³/mol. The van der Waals surface area contributed by atoms with Crippen LogP contribution in [0.4, 0.5) is 0 Å². The number of nitrogens with one attached hydrogen (secondary N) is 2. The Morgan fingerprint density at radius 2 is 1.83 bits per heavy atom. The highest BCUT2D eigenvalue weighted by Gasteiger charge is 2.18. The van der Waals surface area contributed by atoms with E-state index in [2.05, 4.69) is 10.9 Å². The first-order valence-corrected chi connectivity index (χ1v) is 7.07. The van der Waals surface area contributed by atoms with Crippen molar-refractivity contribution in [1.29, 1.82) is 0 Å². The van der Waals surface area contributed by atoms with E-state index in [9.17, 15) is 14.4 Å². The second-order valence-corrected chi connectivity index (χ2v) is 4.66. The zero-order chi connectivity index (χ0) is 17.4. The van der Waals surface area contributed by atoms with Crippen molar-refractivity contribution in [2.24, 2.45) is 0 Å². The summed E-state index contributed by atoms with van der Waals surface area (Å²) in [5.74, 6) is -1.48. The van der Waals surface area contributed by atoms with Gasteiger partial charge in [0.25, 0.3) is 5.91 Å². The molecule has 0 saturated carbocycles. The normalized spacial score (nSPS) is 11.2. The summed E-state index contributed by atoms with van der Waals surface area (Å²) in [6.07, 6.45) is 0.449. The quantitative estimate of drug-likeness (QED) is 0.605. The van der Waals surface area contributed by atoms with E-state index in [4.69, 9.17) is 13.9 Å². The molecule has 2 aromatic rings. The van der Waals surface area contributed by atoms with Crippen molar-refractivity contribution in [2.45, 2.75) is 13.0 Å². The lowest BCUT2D eigenvalue weighted by Crippen LogP contribution is -2.44. The molecule has 1 aromatic heterocycles. The predicted octanol–water partition coefficient (Wildman–Crippen LogP) is 1.05. The van der Waals surface area contributed by atoms with E-state index < -0.39 is 30.5 Å². The van der Waals surface area contributed by atoms with Crippen LogP contribution in [0.3, 0.4) is 0 Å². The van der Waals surface area contributed by atoms with Gasteiger partial charge in [-0.3, -0.25) is 20.4 Å². The zero-order valence-corrected chi connectivity index (χ0v) is 12.9. The minimum absolute atomic E-state index is 0.0391. The van der Waals surface area contributed by atoms with Crippen LogP contribution in [0.1, 0.15) is 17.5 Å². The van der Waals surface area contributed by atoms with Gasteiger partial charge in [-0.15, -0.1) is 0 Å². The molecule has 24 heavy (non-hydrogen) atoms. The summed E-state index contributed by atoms with van der Waals surface area (Å²) in [5, 5.41) is 0. The molecule has 0 aliphatic carbocycles. The number of benzene rings is 1. The lowest BCUT2D eigenvalue weighted by molar-refractivity contribution is -0.154. The number of ether oxygens (including phenoxy) is 2. The number of hydrogen-bond acceptors (Lipinski definition) is 6. The van der Waals surface area contributed by atoms with Gasteiger partial charge in [0.15, 0.2) is 18.5 Å². The first-order valence-electron chi connectivity index (χ1n) is 7.07. The highest BCUT2D eigenvalue weighted by molar-refractivity contribution is 5.93. The van der Waals surface area contributed by atoms with Gasteiger partial charge in [0, 0.05) is 0 Å². The van der Waals surface area contributed by atoms with Crippen LogP contribution < -0.4 is 15.6 Å². The Kier molecular flexibility index (Phi) is 5.95. The van der Waals surface area contributed by atoms with E-state index in [-0.39, 0.29) is 5.76 Å². The number of carbonyl (C=O) groups excluding carboxylic acids is 3. The number of furan rings is 1. The summed E-state index contributed by atoms with van der Waals surface area (Å²) in [6.45, 7) is 0.950. The molecule has 1 heterocycles. The molecule has 1 atom stereocenters. The summed E-state index contributed by atoms with van der Waals surface area (Å²) in [5.41, 5.74) is 4.22. The third-order valence-corrected chi connectivity index (χ3v) is 2.79. The summed E-state index contributed by atoms with van der Waals surface area (Å²) in [4.78, 5) is 34.8. The van der Waals surface area contributed by atoms with Gasteiger partial charge in [-0.05, 0) is 31.2 Å². The number of amides is 2. The van der Waals surface area contributed by atoms with Crippen molar-refractivity contribution < 1.29 is 28.3 Å². The maximum Gasteiger partial charge on any atom is 0.347 e. The Balaban J connectivity index is 1.69. The van der Waals surface area contributed by atoms with Gasteiger partial charge in [-0.2, -0.15) is 0 Å². The fraction of sp³-hybridized carbons (Fsp3) is 0.188. The number of rotatable bonds is 6. The largest absolute Gasteiger partial charge is 0.479 e. The molecule has 0 radical (unpaired) electrons. The van der Waals surface area contributed by atoms with Crippen molar-refractivity contribution in [1.82, 2.24) is 10.9 Å². The molecule has 0 aliphatic rings. The molecule has 2 amide bonds. The maximum absolute atomic E-state index is 11.7. The van der Waals surface area contributed by atoms with Gasteiger partial charge < -0.3 is 13.9 Å². The van der Waals surface area contributed by atoms with Gasteiger partial charge in [-0.25, -0.2) is 4.79 Å². The summed E-state index contributed by atoms with van der Waals surface area (Å²) >= 11 is 0. The fourth-order valence-corrected chi connectivity index (χ4v) is 1.64. The van der Waals surface area contributed by atoms with Crippen LogP contribution in [0.5, 0.6) is 5.75 Å². The van der Waals surface area contributed by atoms with E-state index in [1.54, 1.807) is 24.3 Å². The molecule has 2 rings (SSSR count). The number of hydrogen-bond donors (Lipinski definition) is 2. The van der Waals surface area contributed by atoms with Crippen molar-refractivity contribution in [2.75, 3.05) is 6.61 Å². The second kappa shape index (κ2) is 8.37. The van der Waals surface area contributed by atoms with Crippen LogP contribution in [0.25, 0.3) is 0 Å². The lowest BCUT2D eigenvalue weighted by Gasteiger charge is -2.13. The number of carbonyl (C=O) groups is 3. The van der Waals surface area contributed by atoms with Crippen molar-refractivity contribution in [3.63, 3.8) is 0 Å². The number of hydrazine groups is 1. The summed E-state index contributed by atoms with van der Waals surface area (Å²) in [6, 6.07) is 11.7. The third kappa shape index (κ3) is 5.16. The molecule has 126 valence electrons. The van der Waals surface area contributed by atoms with Crippen LogP contribution in [0, 0.1) is 0 Å². The molecule has 0 bridgehead atoms. The van der Waals surface area contributed by atoms with Gasteiger partial charge in [0.05, 0.1) is 6.26 Å². The fourth-order valence-electron chi connectivity index (χ4n) is 1.64. The van der Waals surface area contributed by atoms with E-state index >= 15 is 0 Å². The maximum atomic E-state index is 11.7. The van der Waals surface area contributed by atoms with E-state index in [1.807, 2.05) is 6.07 Å². The molecule has 2 N–H and O–H groups in total. The standard InChI is InChI=1S/C16H16N2O6/c1-11(24-12-6-3-2-4-7-12)16(21)23-10-14(19)17-18-15(20)13-8-5-9-22-13/h2-9,11H,10H2,1H3,(H,17,19)(H,18,20)/t11-/m1/s1. The molecule has 0 aliphatic heterocycles. The van der Waals surface area contributed by atoms with Crippen molar-refractivity contribution in [3.8, 4) is 5.75 Å². The topological polar surface area (TPSA) is 107 Å².